The van der Waals surface area contributed by atoms with Crippen molar-refractivity contribution < 1.29 is 18.0 Å². The summed E-state index contributed by atoms with van der Waals surface area (Å²) in [6, 6.07) is 8.38. The van der Waals surface area contributed by atoms with Crippen molar-refractivity contribution >= 4 is 45.3 Å². The molecule has 0 unspecified atom stereocenters. The summed E-state index contributed by atoms with van der Waals surface area (Å²) in [5.41, 5.74) is 3.89. The number of nitrogens with zero attached hydrogens (tertiary/aromatic N) is 1. The van der Waals surface area contributed by atoms with Gasteiger partial charge < -0.3 is 5.32 Å². The first kappa shape index (κ1) is 20.2. The lowest BCUT2D eigenvalue weighted by Crippen LogP contribution is -2.21. The number of hydrogen-bond acceptors (Lipinski definition) is 4. The maximum Gasteiger partial charge on any atom is 0.455 e. The zero-order valence-corrected chi connectivity index (χ0v) is 17.0. The fraction of sp³-hybridized carbons (Fsp3) is 0.333. The molecule has 1 N–H and O–H groups in total. The summed E-state index contributed by atoms with van der Waals surface area (Å²) in [7, 11) is 0. The summed E-state index contributed by atoms with van der Waals surface area (Å²) < 4.78 is 38.0. The van der Waals surface area contributed by atoms with E-state index in [1.165, 1.54) is 6.07 Å². The van der Waals surface area contributed by atoms with Gasteiger partial charge in [-0.15, -0.1) is 11.3 Å². The number of halogens is 4. The minimum Gasteiger partial charge on any atom is -0.379 e. The monoisotopic (exact) mass is 438 g/mol. The third kappa shape index (κ3) is 4.12. The molecule has 0 aliphatic heterocycles. The van der Waals surface area contributed by atoms with Crippen molar-refractivity contribution in [3.63, 3.8) is 0 Å². The van der Waals surface area contributed by atoms with Crippen LogP contribution in [-0.4, -0.2) is 16.9 Å². The molecule has 8 heteroatoms. The Labute approximate surface area is 174 Å². The van der Waals surface area contributed by atoms with E-state index in [1.54, 1.807) is 6.07 Å². The van der Waals surface area contributed by atoms with Gasteiger partial charge in [-0.3, -0.25) is 9.78 Å². The largest absolute Gasteiger partial charge is 0.455 e. The molecule has 1 aliphatic carbocycles. The van der Waals surface area contributed by atoms with Crippen LogP contribution in [0, 0.1) is 0 Å². The molecule has 0 saturated carbocycles. The summed E-state index contributed by atoms with van der Waals surface area (Å²) in [6.07, 6.45) is 0.196. The first-order chi connectivity index (χ1) is 13.8. The van der Waals surface area contributed by atoms with Crippen LogP contribution in [0.5, 0.6) is 0 Å². The van der Waals surface area contributed by atoms with E-state index < -0.39 is 12.0 Å². The molecule has 152 valence electrons. The highest BCUT2D eigenvalue weighted by atomic mass is 35.5. The van der Waals surface area contributed by atoms with E-state index in [1.807, 2.05) is 18.2 Å². The predicted octanol–water partition coefficient (Wildman–Crippen LogP) is 6.58. The number of alkyl halides is 3. The van der Waals surface area contributed by atoms with E-state index in [-0.39, 0.29) is 4.88 Å². The Bertz CT molecular complexity index is 1080. The molecule has 0 atom stereocenters. The van der Waals surface area contributed by atoms with Crippen molar-refractivity contribution in [2.45, 2.75) is 44.8 Å². The fourth-order valence-corrected chi connectivity index (χ4v) is 4.89. The number of aryl methyl sites for hydroxylation is 1. The molecule has 1 aromatic carbocycles. The van der Waals surface area contributed by atoms with Crippen LogP contribution >= 0.6 is 22.9 Å². The summed E-state index contributed by atoms with van der Waals surface area (Å²) in [6.45, 7) is 0.312. The normalized spacial score (nSPS) is 14.5. The quantitative estimate of drug-likeness (QED) is 0.369. The predicted molar refractivity (Wildman–Crippen MR) is 110 cm³/mol. The molecule has 0 bridgehead atoms. The van der Waals surface area contributed by atoms with Crippen molar-refractivity contribution in [2.24, 2.45) is 0 Å². The van der Waals surface area contributed by atoms with Gasteiger partial charge in [0.2, 0.25) is 0 Å². The highest BCUT2D eigenvalue weighted by molar-refractivity contribution is 7.14. The van der Waals surface area contributed by atoms with E-state index in [0.717, 1.165) is 71.3 Å². The summed E-state index contributed by atoms with van der Waals surface area (Å²) in [4.78, 5) is 16.6. The maximum atomic E-state index is 12.7. The van der Waals surface area contributed by atoms with Crippen molar-refractivity contribution in [1.29, 1.82) is 0 Å². The minimum absolute atomic E-state index is 0.300. The second kappa shape index (κ2) is 7.95. The molecule has 0 fully saturated rings. The van der Waals surface area contributed by atoms with Crippen molar-refractivity contribution in [3.05, 3.63) is 56.4 Å². The lowest BCUT2D eigenvalue weighted by atomic mass is 10.0. The average molecular weight is 439 g/mol. The van der Waals surface area contributed by atoms with Gasteiger partial charge in [0.05, 0.1) is 21.1 Å². The van der Waals surface area contributed by atoms with Crippen molar-refractivity contribution in [3.8, 4) is 0 Å². The number of benzene rings is 1. The summed E-state index contributed by atoms with van der Waals surface area (Å²) >= 11 is 7.33. The van der Waals surface area contributed by atoms with Crippen LogP contribution in [0.4, 0.5) is 18.9 Å². The average Bonchev–Trinajstić information content (AvgIpc) is 3.01. The number of hydrogen-bond donors (Lipinski definition) is 1. The summed E-state index contributed by atoms with van der Waals surface area (Å²) in [5, 5.41) is 4.80. The van der Waals surface area contributed by atoms with Crippen LogP contribution in [0.1, 0.15) is 45.1 Å². The smallest absolute Gasteiger partial charge is 0.379 e. The van der Waals surface area contributed by atoms with Gasteiger partial charge in [-0.05, 0) is 55.5 Å². The van der Waals surface area contributed by atoms with Crippen LogP contribution in [0.25, 0.3) is 10.9 Å². The topological polar surface area (TPSA) is 42.0 Å². The van der Waals surface area contributed by atoms with Crippen LogP contribution in [-0.2, 0) is 19.4 Å². The van der Waals surface area contributed by atoms with E-state index >= 15 is 0 Å². The second-order valence-electron chi connectivity index (χ2n) is 7.05. The Morgan fingerprint density at radius 1 is 1.14 bits per heavy atom. The number of nitrogens with one attached hydrogen (secondary N) is 1. The van der Waals surface area contributed by atoms with Crippen LogP contribution in [0.2, 0.25) is 5.02 Å². The SMILES string of the molecule is O=C(c1ccc(CNc2c3c(nc4cccc(Cl)c24)CCCCC3)s1)C(F)(F)F. The molecule has 3 aromatic rings. The van der Waals surface area contributed by atoms with Crippen LogP contribution in [0.15, 0.2) is 30.3 Å². The Kier molecular flexibility index (Phi) is 5.53. The van der Waals surface area contributed by atoms with Gasteiger partial charge in [0.25, 0.3) is 5.78 Å². The van der Waals surface area contributed by atoms with Gasteiger partial charge in [0.1, 0.15) is 0 Å². The van der Waals surface area contributed by atoms with Gasteiger partial charge in [-0.2, -0.15) is 13.2 Å². The van der Waals surface area contributed by atoms with Crippen molar-refractivity contribution in [2.75, 3.05) is 5.32 Å². The molecule has 4 rings (SSSR count). The Hall–Kier alpha value is -2.12. The molecule has 2 aromatic heterocycles. The number of rotatable bonds is 4. The molecule has 3 nitrogen and oxygen atoms in total. The number of ketones is 1. The third-order valence-electron chi connectivity index (χ3n) is 5.07. The van der Waals surface area contributed by atoms with Gasteiger partial charge in [0, 0.05) is 22.5 Å². The second-order valence-corrected chi connectivity index (χ2v) is 8.63. The Morgan fingerprint density at radius 3 is 2.72 bits per heavy atom. The number of Topliss-reactive ketones (excluding diaryl/α,β-unsaturated/α-hetero) is 1. The lowest BCUT2D eigenvalue weighted by molar-refractivity contribution is -0.0882. The first-order valence-electron chi connectivity index (χ1n) is 9.38. The standard InChI is InChI=1S/C21H18ClF3N2OS/c22-14-6-4-8-16-18(14)19(13-5-2-1-3-7-15(13)27-16)26-11-12-9-10-17(29-12)20(28)21(23,24)25/h4,6,8-10H,1-3,5,7,11H2,(H,26,27). The Balaban J connectivity index is 1.68. The number of carbonyl (C=O) groups excluding carboxylic acids is 1. The molecule has 29 heavy (non-hydrogen) atoms. The number of thiophene rings is 1. The molecule has 2 heterocycles. The highest BCUT2D eigenvalue weighted by Gasteiger charge is 2.40. The zero-order valence-electron chi connectivity index (χ0n) is 15.4. The summed E-state index contributed by atoms with van der Waals surface area (Å²) in [5.74, 6) is -1.81. The number of aromatic nitrogens is 1. The number of fused-ring (bicyclic) bond motifs is 2. The molecule has 1 aliphatic rings. The van der Waals surface area contributed by atoms with E-state index in [4.69, 9.17) is 16.6 Å². The molecule has 0 spiro atoms. The van der Waals surface area contributed by atoms with Crippen molar-refractivity contribution in [1.82, 2.24) is 4.98 Å². The van der Waals surface area contributed by atoms with Crippen LogP contribution in [0.3, 0.4) is 0 Å². The molecular formula is C21H18ClF3N2OS. The number of carbonyl (C=O) groups is 1. The molecule has 0 saturated heterocycles. The van der Waals surface area contributed by atoms with Gasteiger partial charge in [0.15, 0.2) is 0 Å². The molecule has 0 amide bonds. The lowest BCUT2D eigenvalue weighted by Gasteiger charge is -2.17. The highest BCUT2D eigenvalue weighted by Crippen LogP contribution is 2.37. The minimum atomic E-state index is -4.86. The maximum absolute atomic E-state index is 12.7. The van der Waals surface area contributed by atoms with E-state index in [0.29, 0.717) is 16.4 Å². The fourth-order valence-electron chi connectivity index (χ4n) is 3.71. The van der Waals surface area contributed by atoms with Crippen LogP contribution < -0.4 is 5.32 Å². The zero-order chi connectivity index (χ0) is 20.6. The molecule has 0 radical (unpaired) electrons. The Morgan fingerprint density at radius 2 is 1.93 bits per heavy atom. The first-order valence-corrected chi connectivity index (χ1v) is 10.6. The van der Waals surface area contributed by atoms with Gasteiger partial charge in [-0.25, -0.2) is 0 Å². The van der Waals surface area contributed by atoms with E-state index in [2.05, 4.69) is 5.32 Å². The van der Waals surface area contributed by atoms with Gasteiger partial charge >= 0.3 is 6.18 Å². The number of anilines is 1. The third-order valence-corrected chi connectivity index (χ3v) is 6.47. The van der Waals surface area contributed by atoms with E-state index in [9.17, 15) is 18.0 Å². The van der Waals surface area contributed by atoms with Gasteiger partial charge in [-0.1, -0.05) is 24.1 Å². The molecular weight excluding hydrogens is 421 g/mol. The number of pyridine rings is 1.